The second kappa shape index (κ2) is 8.84. The van der Waals surface area contributed by atoms with Crippen LogP contribution in [-0.2, 0) is 14.8 Å². The average Bonchev–Trinajstić information content (AvgIpc) is 2.65. The van der Waals surface area contributed by atoms with Gasteiger partial charge in [0.25, 0.3) is 0 Å². The molecule has 2 aromatic rings. The molecule has 1 saturated heterocycles. The van der Waals surface area contributed by atoms with E-state index in [0.29, 0.717) is 19.8 Å². The Labute approximate surface area is 169 Å². The first-order chi connectivity index (χ1) is 12.9. The van der Waals surface area contributed by atoms with Crippen LogP contribution < -0.4 is 4.72 Å². The molecular weight excluding hydrogens is 428 g/mol. The van der Waals surface area contributed by atoms with Crippen molar-refractivity contribution in [1.82, 2.24) is 9.62 Å². The Hall–Kier alpha value is -1.25. The van der Waals surface area contributed by atoms with Crippen LogP contribution in [-0.4, -0.2) is 46.2 Å². The largest absolute Gasteiger partial charge is 0.379 e. The Balaban J connectivity index is 1.82. The zero-order chi connectivity index (χ0) is 19.4. The summed E-state index contributed by atoms with van der Waals surface area (Å²) in [6.07, 6.45) is 0. The van der Waals surface area contributed by atoms with Gasteiger partial charge in [0.1, 0.15) is 0 Å². The average molecular weight is 453 g/mol. The molecule has 3 rings (SSSR count). The fourth-order valence-electron chi connectivity index (χ4n) is 3.28. The molecule has 1 heterocycles. The summed E-state index contributed by atoms with van der Waals surface area (Å²) >= 11 is 3.41. The molecule has 1 atom stereocenters. The van der Waals surface area contributed by atoms with Crippen molar-refractivity contribution in [1.29, 1.82) is 0 Å². The van der Waals surface area contributed by atoms with Crippen LogP contribution in [0.3, 0.4) is 0 Å². The Morgan fingerprint density at radius 2 is 1.89 bits per heavy atom. The molecule has 0 unspecified atom stereocenters. The van der Waals surface area contributed by atoms with E-state index in [-0.39, 0.29) is 10.9 Å². The molecule has 1 fully saturated rings. The van der Waals surface area contributed by atoms with Crippen molar-refractivity contribution in [2.24, 2.45) is 0 Å². The second-order valence-corrected chi connectivity index (χ2v) is 9.46. The van der Waals surface area contributed by atoms with Gasteiger partial charge < -0.3 is 4.74 Å². The third kappa shape index (κ3) is 5.18. The highest BCUT2D eigenvalue weighted by molar-refractivity contribution is 9.10. The summed E-state index contributed by atoms with van der Waals surface area (Å²) in [5, 5.41) is 0. The van der Waals surface area contributed by atoms with E-state index in [9.17, 15) is 8.42 Å². The number of hydrogen-bond acceptors (Lipinski definition) is 4. The SMILES string of the molecule is Cc1cccc([C@H](CNS(=O)(=O)c2ccc(Br)c(C)c2)N2CCOCC2)c1. The van der Waals surface area contributed by atoms with Crippen LogP contribution in [0, 0.1) is 13.8 Å². The summed E-state index contributed by atoms with van der Waals surface area (Å²) in [4.78, 5) is 2.57. The molecule has 0 aromatic heterocycles. The van der Waals surface area contributed by atoms with Gasteiger partial charge in [0, 0.05) is 30.1 Å². The monoisotopic (exact) mass is 452 g/mol. The standard InChI is InChI=1S/C20H25BrN2O3S/c1-15-4-3-5-17(12-15)20(23-8-10-26-11-9-23)14-22-27(24,25)18-6-7-19(21)16(2)13-18/h3-7,12-13,20,22H,8-11,14H2,1-2H3/t20-/m0/s1. The van der Waals surface area contributed by atoms with Gasteiger partial charge in [0.15, 0.2) is 0 Å². The van der Waals surface area contributed by atoms with Crippen molar-refractivity contribution in [2.75, 3.05) is 32.8 Å². The van der Waals surface area contributed by atoms with E-state index in [1.807, 2.05) is 13.0 Å². The quantitative estimate of drug-likeness (QED) is 0.729. The normalized spacial score (nSPS) is 17.0. The molecule has 0 radical (unpaired) electrons. The van der Waals surface area contributed by atoms with Gasteiger partial charge in [0.05, 0.1) is 18.1 Å². The molecule has 0 spiro atoms. The van der Waals surface area contributed by atoms with Crippen LogP contribution >= 0.6 is 15.9 Å². The maximum absolute atomic E-state index is 12.8. The molecule has 27 heavy (non-hydrogen) atoms. The fraction of sp³-hybridized carbons (Fsp3) is 0.400. The van der Waals surface area contributed by atoms with Crippen molar-refractivity contribution in [3.8, 4) is 0 Å². The minimum absolute atomic E-state index is 0.0277. The lowest BCUT2D eigenvalue weighted by molar-refractivity contribution is 0.0172. The predicted molar refractivity (Wildman–Crippen MR) is 110 cm³/mol. The molecule has 0 saturated carbocycles. The summed E-state index contributed by atoms with van der Waals surface area (Å²) in [7, 11) is -3.58. The van der Waals surface area contributed by atoms with Crippen molar-refractivity contribution < 1.29 is 13.2 Å². The van der Waals surface area contributed by atoms with E-state index in [2.05, 4.69) is 50.7 Å². The minimum Gasteiger partial charge on any atom is -0.379 e. The van der Waals surface area contributed by atoms with Crippen molar-refractivity contribution in [3.05, 3.63) is 63.6 Å². The number of halogens is 1. The Morgan fingerprint density at radius 1 is 1.15 bits per heavy atom. The van der Waals surface area contributed by atoms with Crippen LogP contribution in [0.1, 0.15) is 22.7 Å². The Morgan fingerprint density at radius 3 is 2.56 bits per heavy atom. The van der Waals surface area contributed by atoms with Crippen LogP contribution in [0.4, 0.5) is 0 Å². The van der Waals surface area contributed by atoms with Gasteiger partial charge in [0.2, 0.25) is 10.0 Å². The van der Waals surface area contributed by atoms with Gasteiger partial charge in [-0.25, -0.2) is 13.1 Å². The first-order valence-electron chi connectivity index (χ1n) is 9.01. The number of aryl methyl sites for hydroxylation is 2. The number of benzene rings is 2. The minimum atomic E-state index is -3.58. The van der Waals surface area contributed by atoms with Gasteiger partial charge in [-0.15, -0.1) is 0 Å². The fourth-order valence-corrected chi connectivity index (χ4v) is 4.65. The Bertz CT molecular complexity index is 896. The van der Waals surface area contributed by atoms with Crippen molar-refractivity contribution in [2.45, 2.75) is 24.8 Å². The number of nitrogens with zero attached hydrogens (tertiary/aromatic N) is 1. The number of hydrogen-bond donors (Lipinski definition) is 1. The number of nitrogens with one attached hydrogen (secondary N) is 1. The summed E-state index contributed by atoms with van der Waals surface area (Å²) < 4.78 is 34.8. The highest BCUT2D eigenvalue weighted by Crippen LogP contribution is 2.24. The van der Waals surface area contributed by atoms with E-state index in [4.69, 9.17) is 4.74 Å². The van der Waals surface area contributed by atoms with Crippen LogP contribution in [0.2, 0.25) is 0 Å². The van der Waals surface area contributed by atoms with Gasteiger partial charge in [-0.05, 0) is 43.2 Å². The molecule has 0 aliphatic carbocycles. The highest BCUT2D eigenvalue weighted by Gasteiger charge is 2.25. The molecule has 1 N–H and O–H groups in total. The third-order valence-corrected chi connectivity index (χ3v) is 7.13. The molecule has 1 aliphatic heterocycles. The molecule has 0 bridgehead atoms. The van der Waals surface area contributed by atoms with E-state index in [1.165, 1.54) is 0 Å². The third-order valence-electron chi connectivity index (χ3n) is 4.82. The highest BCUT2D eigenvalue weighted by atomic mass is 79.9. The predicted octanol–water partition coefficient (Wildman–Crippen LogP) is 3.42. The molecule has 2 aromatic carbocycles. The number of sulfonamides is 1. The molecule has 0 amide bonds. The van der Waals surface area contributed by atoms with Crippen molar-refractivity contribution >= 4 is 26.0 Å². The zero-order valence-corrected chi connectivity index (χ0v) is 18.0. The lowest BCUT2D eigenvalue weighted by Gasteiger charge is -2.35. The van der Waals surface area contributed by atoms with Gasteiger partial charge >= 0.3 is 0 Å². The van der Waals surface area contributed by atoms with E-state index in [0.717, 1.165) is 34.3 Å². The molecule has 1 aliphatic rings. The van der Waals surface area contributed by atoms with Crippen LogP contribution in [0.15, 0.2) is 51.8 Å². The molecular formula is C20H25BrN2O3S. The van der Waals surface area contributed by atoms with E-state index >= 15 is 0 Å². The van der Waals surface area contributed by atoms with E-state index < -0.39 is 10.0 Å². The Kier molecular flexibility index (Phi) is 6.70. The topological polar surface area (TPSA) is 58.6 Å². The number of morpholine rings is 1. The smallest absolute Gasteiger partial charge is 0.240 e. The lowest BCUT2D eigenvalue weighted by atomic mass is 10.0. The molecule has 7 heteroatoms. The van der Waals surface area contributed by atoms with E-state index in [1.54, 1.807) is 18.2 Å². The van der Waals surface area contributed by atoms with Crippen LogP contribution in [0.5, 0.6) is 0 Å². The summed E-state index contributed by atoms with van der Waals surface area (Å²) in [6, 6.07) is 13.3. The maximum atomic E-state index is 12.8. The van der Waals surface area contributed by atoms with Gasteiger partial charge in [-0.1, -0.05) is 45.8 Å². The summed E-state index contributed by atoms with van der Waals surface area (Å²) in [5.74, 6) is 0. The number of rotatable bonds is 6. The van der Waals surface area contributed by atoms with Crippen LogP contribution in [0.25, 0.3) is 0 Å². The van der Waals surface area contributed by atoms with Crippen molar-refractivity contribution in [3.63, 3.8) is 0 Å². The lowest BCUT2D eigenvalue weighted by Crippen LogP contribution is -2.43. The summed E-state index contributed by atoms with van der Waals surface area (Å²) in [6.45, 7) is 7.17. The first-order valence-corrected chi connectivity index (χ1v) is 11.3. The first kappa shape index (κ1) is 20.5. The molecule has 5 nitrogen and oxygen atoms in total. The maximum Gasteiger partial charge on any atom is 0.240 e. The number of ether oxygens (including phenoxy) is 1. The van der Waals surface area contributed by atoms with Gasteiger partial charge in [-0.3, -0.25) is 4.90 Å². The zero-order valence-electron chi connectivity index (χ0n) is 15.6. The second-order valence-electron chi connectivity index (χ2n) is 6.84. The van der Waals surface area contributed by atoms with Gasteiger partial charge in [-0.2, -0.15) is 0 Å². The summed E-state index contributed by atoms with van der Waals surface area (Å²) in [5.41, 5.74) is 3.17. The molecule has 146 valence electrons.